The number of anilines is 1. The second-order valence-corrected chi connectivity index (χ2v) is 6.75. The zero-order chi connectivity index (χ0) is 19.9. The molecule has 0 radical (unpaired) electrons. The SMILES string of the molecule is Cc1cccc(OC(C)C(=O)Nc2ccc(OCc3ccccc3)cc2)c1C. The summed E-state index contributed by atoms with van der Waals surface area (Å²) in [5, 5.41) is 2.88. The van der Waals surface area contributed by atoms with E-state index in [1.54, 1.807) is 6.92 Å². The van der Waals surface area contributed by atoms with E-state index in [4.69, 9.17) is 9.47 Å². The van der Waals surface area contributed by atoms with Crippen LogP contribution in [0, 0.1) is 13.8 Å². The van der Waals surface area contributed by atoms with Crippen molar-refractivity contribution in [2.45, 2.75) is 33.5 Å². The van der Waals surface area contributed by atoms with E-state index < -0.39 is 6.10 Å². The molecular formula is C24H25NO3. The van der Waals surface area contributed by atoms with Crippen LogP contribution < -0.4 is 14.8 Å². The molecule has 28 heavy (non-hydrogen) atoms. The van der Waals surface area contributed by atoms with Crippen LogP contribution >= 0.6 is 0 Å². The third kappa shape index (κ3) is 5.13. The number of amides is 1. The van der Waals surface area contributed by atoms with Gasteiger partial charge in [0.1, 0.15) is 18.1 Å². The van der Waals surface area contributed by atoms with Crippen LogP contribution in [0.25, 0.3) is 0 Å². The van der Waals surface area contributed by atoms with Crippen molar-refractivity contribution in [3.63, 3.8) is 0 Å². The van der Waals surface area contributed by atoms with E-state index in [-0.39, 0.29) is 5.91 Å². The second kappa shape index (κ2) is 9.09. The van der Waals surface area contributed by atoms with Crippen LogP contribution in [-0.2, 0) is 11.4 Å². The molecule has 1 N–H and O–H groups in total. The van der Waals surface area contributed by atoms with Gasteiger partial charge in [-0.2, -0.15) is 0 Å². The number of nitrogens with one attached hydrogen (secondary N) is 1. The summed E-state index contributed by atoms with van der Waals surface area (Å²) in [5.41, 5.74) is 3.99. The fraction of sp³-hybridized carbons (Fsp3) is 0.208. The average molecular weight is 375 g/mol. The van der Waals surface area contributed by atoms with Crippen LogP contribution in [0.4, 0.5) is 5.69 Å². The van der Waals surface area contributed by atoms with E-state index >= 15 is 0 Å². The van der Waals surface area contributed by atoms with Crippen LogP contribution in [-0.4, -0.2) is 12.0 Å². The number of aryl methyl sites for hydroxylation is 1. The van der Waals surface area contributed by atoms with Gasteiger partial charge in [0.15, 0.2) is 6.10 Å². The van der Waals surface area contributed by atoms with Gasteiger partial charge in [-0.25, -0.2) is 0 Å². The number of benzene rings is 3. The van der Waals surface area contributed by atoms with E-state index in [0.717, 1.165) is 28.2 Å². The van der Waals surface area contributed by atoms with Gasteiger partial charge in [-0.15, -0.1) is 0 Å². The van der Waals surface area contributed by atoms with Crippen LogP contribution in [0.15, 0.2) is 72.8 Å². The first kappa shape index (κ1) is 19.5. The summed E-state index contributed by atoms with van der Waals surface area (Å²) in [6, 6.07) is 23.1. The molecule has 1 atom stereocenters. The molecule has 0 saturated heterocycles. The van der Waals surface area contributed by atoms with Gasteiger partial charge in [0, 0.05) is 5.69 Å². The highest BCUT2D eigenvalue weighted by Crippen LogP contribution is 2.22. The molecule has 3 aromatic carbocycles. The lowest BCUT2D eigenvalue weighted by atomic mass is 10.1. The van der Waals surface area contributed by atoms with E-state index in [9.17, 15) is 4.79 Å². The molecule has 3 aromatic rings. The van der Waals surface area contributed by atoms with Gasteiger partial charge in [-0.3, -0.25) is 4.79 Å². The molecule has 4 heteroatoms. The standard InChI is InChI=1S/C24H25NO3/c1-17-8-7-11-23(18(17)2)28-19(3)24(26)25-21-12-14-22(15-13-21)27-16-20-9-5-4-6-10-20/h4-15,19H,16H2,1-3H3,(H,25,26). The van der Waals surface area contributed by atoms with Crippen molar-refractivity contribution in [3.8, 4) is 11.5 Å². The Kier molecular flexibility index (Phi) is 6.33. The summed E-state index contributed by atoms with van der Waals surface area (Å²) < 4.78 is 11.6. The number of ether oxygens (including phenoxy) is 2. The Morgan fingerprint density at radius 3 is 2.36 bits per heavy atom. The zero-order valence-corrected chi connectivity index (χ0v) is 16.4. The first-order valence-electron chi connectivity index (χ1n) is 9.33. The lowest BCUT2D eigenvalue weighted by molar-refractivity contribution is -0.122. The summed E-state index contributed by atoms with van der Waals surface area (Å²) in [7, 11) is 0. The van der Waals surface area contributed by atoms with Crippen LogP contribution in [0.3, 0.4) is 0 Å². The van der Waals surface area contributed by atoms with Crippen LogP contribution in [0.1, 0.15) is 23.6 Å². The Bertz CT molecular complexity index is 920. The molecule has 0 aliphatic rings. The minimum absolute atomic E-state index is 0.195. The lowest BCUT2D eigenvalue weighted by Crippen LogP contribution is -2.30. The fourth-order valence-corrected chi connectivity index (χ4v) is 2.72. The summed E-state index contributed by atoms with van der Waals surface area (Å²) >= 11 is 0. The highest BCUT2D eigenvalue weighted by Gasteiger charge is 2.16. The van der Waals surface area contributed by atoms with E-state index in [1.807, 2.05) is 86.6 Å². The maximum atomic E-state index is 12.4. The number of carbonyl (C=O) groups is 1. The van der Waals surface area contributed by atoms with Gasteiger partial charge in [-0.1, -0.05) is 42.5 Å². The Hall–Kier alpha value is -3.27. The summed E-state index contributed by atoms with van der Waals surface area (Å²) in [5.74, 6) is 1.28. The van der Waals surface area contributed by atoms with Crippen LogP contribution in [0.5, 0.6) is 11.5 Å². The summed E-state index contributed by atoms with van der Waals surface area (Å²) in [4.78, 5) is 12.4. The zero-order valence-electron chi connectivity index (χ0n) is 16.4. The quantitative estimate of drug-likeness (QED) is 0.610. The van der Waals surface area contributed by atoms with Gasteiger partial charge < -0.3 is 14.8 Å². The molecule has 0 fully saturated rings. The van der Waals surface area contributed by atoms with Crippen molar-refractivity contribution in [2.24, 2.45) is 0 Å². The molecule has 0 saturated carbocycles. The van der Waals surface area contributed by atoms with Crippen molar-refractivity contribution >= 4 is 11.6 Å². The van der Waals surface area contributed by atoms with Gasteiger partial charge >= 0.3 is 0 Å². The highest BCUT2D eigenvalue weighted by molar-refractivity contribution is 5.94. The molecule has 0 bridgehead atoms. The van der Waals surface area contributed by atoms with E-state index in [2.05, 4.69) is 5.32 Å². The second-order valence-electron chi connectivity index (χ2n) is 6.75. The Morgan fingerprint density at radius 1 is 0.929 bits per heavy atom. The van der Waals surface area contributed by atoms with Gasteiger partial charge in [0.2, 0.25) is 0 Å². The molecule has 0 aromatic heterocycles. The molecule has 3 rings (SSSR count). The first-order chi connectivity index (χ1) is 13.5. The van der Waals surface area contributed by atoms with E-state index in [0.29, 0.717) is 12.3 Å². The normalized spacial score (nSPS) is 11.5. The van der Waals surface area contributed by atoms with Crippen molar-refractivity contribution in [3.05, 3.63) is 89.5 Å². The Balaban J connectivity index is 1.54. The van der Waals surface area contributed by atoms with Crippen LogP contribution in [0.2, 0.25) is 0 Å². The molecule has 0 aliphatic carbocycles. The molecule has 0 spiro atoms. The molecule has 1 amide bonds. The van der Waals surface area contributed by atoms with Crippen molar-refractivity contribution in [1.82, 2.24) is 0 Å². The van der Waals surface area contributed by atoms with Gasteiger partial charge in [0.25, 0.3) is 5.91 Å². The fourth-order valence-electron chi connectivity index (χ4n) is 2.72. The molecule has 1 unspecified atom stereocenters. The highest BCUT2D eigenvalue weighted by atomic mass is 16.5. The van der Waals surface area contributed by atoms with Crippen molar-refractivity contribution < 1.29 is 14.3 Å². The largest absolute Gasteiger partial charge is 0.489 e. The number of hydrogen-bond donors (Lipinski definition) is 1. The minimum atomic E-state index is -0.602. The third-order valence-corrected chi connectivity index (χ3v) is 4.60. The number of carbonyl (C=O) groups excluding carboxylic acids is 1. The monoisotopic (exact) mass is 375 g/mol. The van der Waals surface area contributed by atoms with Gasteiger partial charge in [0.05, 0.1) is 0 Å². The molecule has 0 heterocycles. The smallest absolute Gasteiger partial charge is 0.265 e. The van der Waals surface area contributed by atoms with E-state index in [1.165, 1.54) is 0 Å². The molecule has 144 valence electrons. The first-order valence-corrected chi connectivity index (χ1v) is 9.33. The maximum Gasteiger partial charge on any atom is 0.265 e. The lowest BCUT2D eigenvalue weighted by Gasteiger charge is -2.17. The van der Waals surface area contributed by atoms with Gasteiger partial charge in [-0.05, 0) is 67.8 Å². The van der Waals surface area contributed by atoms with Crippen molar-refractivity contribution in [2.75, 3.05) is 5.32 Å². The Labute approximate surface area is 166 Å². The maximum absolute atomic E-state index is 12.4. The molecular weight excluding hydrogens is 350 g/mol. The average Bonchev–Trinajstić information content (AvgIpc) is 2.71. The number of hydrogen-bond acceptors (Lipinski definition) is 3. The predicted octanol–water partition coefficient (Wildman–Crippen LogP) is 5.29. The molecule has 0 aliphatic heterocycles. The predicted molar refractivity (Wildman–Crippen MR) is 112 cm³/mol. The minimum Gasteiger partial charge on any atom is -0.489 e. The summed E-state index contributed by atoms with van der Waals surface area (Å²) in [6.45, 7) is 6.26. The summed E-state index contributed by atoms with van der Waals surface area (Å²) in [6.07, 6.45) is -0.602. The topological polar surface area (TPSA) is 47.6 Å². The van der Waals surface area contributed by atoms with Crippen molar-refractivity contribution in [1.29, 1.82) is 0 Å². The third-order valence-electron chi connectivity index (χ3n) is 4.60. The molecule has 4 nitrogen and oxygen atoms in total. The Morgan fingerprint density at radius 2 is 1.64 bits per heavy atom. The number of rotatable bonds is 7.